The summed E-state index contributed by atoms with van der Waals surface area (Å²) in [7, 11) is 0. The monoisotopic (exact) mass is 427 g/mol. The van der Waals surface area contributed by atoms with E-state index in [0.29, 0.717) is 5.56 Å². The quantitative estimate of drug-likeness (QED) is 0.721. The molecule has 0 radical (unpaired) electrons. The molecule has 1 heterocycles. The number of benzene rings is 1. The van der Waals surface area contributed by atoms with E-state index < -0.39 is 16.8 Å². The lowest BCUT2D eigenvalue weighted by Crippen LogP contribution is -2.40. The highest BCUT2D eigenvalue weighted by molar-refractivity contribution is 6.32. The van der Waals surface area contributed by atoms with Gasteiger partial charge in [-0.05, 0) is 23.8 Å². The number of alkyl halides is 3. The number of nitrogens with one attached hydrogen (secondary N) is 1. The van der Waals surface area contributed by atoms with Gasteiger partial charge in [-0.25, -0.2) is 0 Å². The highest BCUT2D eigenvalue weighted by atomic mass is 35.5. The van der Waals surface area contributed by atoms with Crippen molar-refractivity contribution in [3.8, 4) is 0 Å². The fraction of sp³-hybridized carbons (Fsp3) is 0.350. The second-order valence-corrected chi connectivity index (χ2v) is 7.07. The number of nitrogens with zero attached hydrogens (tertiary/aromatic N) is 2. The summed E-state index contributed by atoms with van der Waals surface area (Å²) in [4.78, 5) is 29.9. The molecular weight excluding hydrogens is 407 g/mol. The van der Waals surface area contributed by atoms with Gasteiger partial charge in [-0.2, -0.15) is 13.2 Å². The molecule has 9 heteroatoms. The number of carbonyl (C=O) groups excluding carboxylic acids is 2. The molecule has 2 aromatic rings. The van der Waals surface area contributed by atoms with Gasteiger partial charge in [0.15, 0.2) is 0 Å². The molecule has 0 aliphatic rings. The van der Waals surface area contributed by atoms with Crippen LogP contribution in [-0.4, -0.2) is 34.8 Å². The molecule has 5 nitrogen and oxygen atoms in total. The van der Waals surface area contributed by atoms with Crippen LogP contribution in [0.15, 0.2) is 42.7 Å². The number of aromatic nitrogens is 1. The third kappa shape index (κ3) is 6.19. The third-order valence-corrected chi connectivity index (χ3v) is 4.59. The number of halogens is 4. The number of rotatable bonds is 7. The Morgan fingerprint density at radius 1 is 1.21 bits per heavy atom. The number of hydrogen-bond donors (Lipinski definition) is 1. The van der Waals surface area contributed by atoms with Crippen LogP contribution in [0.5, 0.6) is 0 Å². The molecule has 0 bridgehead atoms. The molecule has 2 rings (SSSR count). The van der Waals surface area contributed by atoms with E-state index in [1.165, 1.54) is 23.2 Å². The molecule has 0 unspecified atom stereocenters. The van der Waals surface area contributed by atoms with Gasteiger partial charge in [0, 0.05) is 37.9 Å². The molecule has 0 aliphatic heterocycles. The molecule has 0 saturated carbocycles. The molecular formula is C20H21ClF3N3O2. The number of pyridine rings is 1. The standard InChI is InChI=1S/C20H21ClF3N3O2/c1-13(2)19(29)27(10-9-26-18(28)14-6-4-8-25-11-14)12-15-5-3-7-16(17(15)21)20(22,23)24/h3-8,11,13H,9-10,12H2,1-2H3,(H,26,28). The SMILES string of the molecule is CC(C)C(=O)N(CCNC(=O)c1cccnc1)Cc1cccc(C(F)(F)F)c1Cl. The Hall–Kier alpha value is -2.61. The highest BCUT2D eigenvalue weighted by Crippen LogP contribution is 2.36. The molecule has 1 aromatic carbocycles. The summed E-state index contributed by atoms with van der Waals surface area (Å²) in [6.45, 7) is 3.54. The minimum Gasteiger partial charge on any atom is -0.350 e. The molecule has 0 atom stereocenters. The van der Waals surface area contributed by atoms with Crippen LogP contribution in [0, 0.1) is 5.92 Å². The molecule has 29 heavy (non-hydrogen) atoms. The fourth-order valence-electron chi connectivity index (χ4n) is 2.66. The lowest BCUT2D eigenvalue weighted by Gasteiger charge is -2.26. The summed E-state index contributed by atoms with van der Waals surface area (Å²) in [5.41, 5.74) is -0.386. The third-order valence-electron chi connectivity index (χ3n) is 4.14. The van der Waals surface area contributed by atoms with Gasteiger partial charge in [0.25, 0.3) is 5.91 Å². The molecule has 1 N–H and O–H groups in total. The van der Waals surface area contributed by atoms with Crippen molar-refractivity contribution in [3.63, 3.8) is 0 Å². The zero-order valence-electron chi connectivity index (χ0n) is 16.0. The van der Waals surface area contributed by atoms with Crippen molar-refractivity contribution in [2.45, 2.75) is 26.6 Å². The van der Waals surface area contributed by atoms with Crippen molar-refractivity contribution < 1.29 is 22.8 Å². The van der Waals surface area contributed by atoms with Gasteiger partial charge in [0.2, 0.25) is 5.91 Å². The van der Waals surface area contributed by atoms with Gasteiger partial charge >= 0.3 is 6.18 Å². The first-order valence-electron chi connectivity index (χ1n) is 8.93. The Labute approximate surface area is 171 Å². The first kappa shape index (κ1) is 22.7. The lowest BCUT2D eigenvalue weighted by atomic mass is 10.1. The van der Waals surface area contributed by atoms with Crippen molar-refractivity contribution >= 4 is 23.4 Å². The van der Waals surface area contributed by atoms with Crippen LogP contribution in [0.4, 0.5) is 13.2 Å². The molecule has 0 aliphatic carbocycles. The summed E-state index contributed by atoms with van der Waals surface area (Å²) < 4.78 is 39.3. The summed E-state index contributed by atoms with van der Waals surface area (Å²) in [6, 6.07) is 6.83. The van der Waals surface area contributed by atoms with Gasteiger partial charge < -0.3 is 10.2 Å². The van der Waals surface area contributed by atoms with Gasteiger partial charge in [-0.3, -0.25) is 14.6 Å². The minimum absolute atomic E-state index is 0.0947. The Morgan fingerprint density at radius 3 is 2.52 bits per heavy atom. The van der Waals surface area contributed by atoms with Gasteiger partial charge in [0.05, 0.1) is 16.1 Å². The highest BCUT2D eigenvalue weighted by Gasteiger charge is 2.34. The first-order chi connectivity index (χ1) is 13.6. The Bertz CT molecular complexity index is 858. The lowest BCUT2D eigenvalue weighted by molar-refractivity contribution is -0.137. The summed E-state index contributed by atoms with van der Waals surface area (Å²) in [5.74, 6) is -0.977. The van der Waals surface area contributed by atoms with E-state index in [1.54, 1.807) is 32.2 Å². The Morgan fingerprint density at radius 2 is 1.93 bits per heavy atom. The zero-order valence-corrected chi connectivity index (χ0v) is 16.7. The summed E-state index contributed by atoms with van der Waals surface area (Å²) >= 11 is 5.95. The van der Waals surface area contributed by atoms with E-state index in [2.05, 4.69) is 10.3 Å². The topological polar surface area (TPSA) is 62.3 Å². The van der Waals surface area contributed by atoms with Gasteiger partial charge in [-0.1, -0.05) is 37.6 Å². The smallest absolute Gasteiger partial charge is 0.350 e. The number of hydrogen-bond acceptors (Lipinski definition) is 3. The maximum Gasteiger partial charge on any atom is 0.417 e. The molecule has 0 fully saturated rings. The van der Waals surface area contributed by atoms with E-state index in [0.717, 1.165) is 6.07 Å². The molecule has 0 spiro atoms. The van der Waals surface area contributed by atoms with Crippen LogP contribution in [0.25, 0.3) is 0 Å². The second-order valence-electron chi connectivity index (χ2n) is 6.69. The zero-order chi connectivity index (χ0) is 21.6. The van der Waals surface area contributed by atoms with E-state index in [4.69, 9.17) is 11.6 Å². The first-order valence-corrected chi connectivity index (χ1v) is 9.30. The minimum atomic E-state index is -4.59. The van der Waals surface area contributed by atoms with Crippen molar-refractivity contribution in [2.24, 2.45) is 5.92 Å². The Balaban J connectivity index is 2.11. The van der Waals surface area contributed by atoms with Crippen LogP contribution >= 0.6 is 11.6 Å². The maximum atomic E-state index is 13.1. The van der Waals surface area contributed by atoms with E-state index in [9.17, 15) is 22.8 Å². The summed E-state index contributed by atoms with van der Waals surface area (Å²) in [5, 5.41) is 2.24. The normalized spacial score (nSPS) is 11.4. The summed E-state index contributed by atoms with van der Waals surface area (Å²) in [6.07, 6.45) is -1.63. The van der Waals surface area contributed by atoms with Crippen molar-refractivity contribution in [3.05, 3.63) is 64.4 Å². The average molecular weight is 428 g/mol. The second kappa shape index (κ2) is 9.73. The molecule has 156 valence electrons. The van der Waals surface area contributed by atoms with E-state index >= 15 is 0 Å². The van der Waals surface area contributed by atoms with Crippen LogP contribution in [0.1, 0.15) is 35.3 Å². The fourth-order valence-corrected chi connectivity index (χ4v) is 2.96. The van der Waals surface area contributed by atoms with Crippen LogP contribution in [0.3, 0.4) is 0 Å². The largest absolute Gasteiger partial charge is 0.417 e. The predicted octanol–water partition coefficient (Wildman–Crippen LogP) is 4.17. The molecule has 1 aromatic heterocycles. The van der Waals surface area contributed by atoms with Crippen molar-refractivity contribution in [1.29, 1.82) is 0 Å². The van der Waals surface area contributed by atoms with E-state index in [1.807, 2.05) is 0 Å². The van der Waals surface area contributed by atoms with E-state index in [-0.39, 0.29) is 42.9 Å². The van der Waals surface area contributed by atoms with Gasteiger partial charge in [-0.15, -0.1) is 0 Å². The maximum absolute atomic E-state index is 13.1. The number of carbonyl (C=O) groups is 2. The Kier molecular flexibility index (Phi) is 7.61. The molecule has 2 amide bonds. The van der Waals surface area contributed by atoms with Crippen LogP contribution < -0.4 is 5.32 Å². The molecule has 0 saturated heterocycles. The van der Waals surface area contributed by atoms with Gasteiger partial charge in [0.1, 0.15) is 0 Å². The van der Waals surface area contributed by atoms with Crippen molar-refractivity contribution in [1.82, 2.24) is 15.2 Å². The average Bonchev–Trinajstić information content (AvgIpc) is 2.67. The predicted molar refractivity (Wildman–Crippen MR) is 103 cm³/mol. The number of amides is 2. The van der Waals surface area contributed by atoms with Crippen LogP contribution in [-0.2, 0) is 17.5 Å². The van der Waals surface area contributed by atoms with Crippen molar-refractivity contribution in [2.75, 3.05) is 13.1 Å². The van der Waals surface area contributed by atoms with Crippen LogP contribution in [0.2, 0.25) is 5.02 Å².